The summed E-state index contributed by atoms with van der Waals surface area (Å²) >= 11 is 14.8. The summed E-state index contributed by atoms with van der Waals surface area (Å²) in [6, 6.07) is 12.7. The van der Waals surface area contributed by atoms with Crippen molar-refractivity contribution < 1.29 is 0 Å². The summed E-state index contributed by atoms with van der Waals surface area (Å²) in [5, 5.41) is 0. The summed E-state index contributed by atoms with van der Waals surface area (Å²) in [6.45, 7) is 0. The van der Waals surface area contributed by atoms with Crippen LogP contribution in [0, 0.1) is 0 Å². The second kappa shape index (κ2) is 6.37. The van der Waals surface area contributed by atoms with E-state index in [1.54, 1.807) is 11.3 Å². The third-order valence-electron chi connectivity index (χ3n) is 2.60. The minimum absolute atomic E-state index is 0.385. The minimum atomic E-state index is 0.385. The van der Waals surface area contributed by atoms with E-state index in [2.05, 4.69) is 68.3 Å². The molecule has 1 heterocycles. The van der Waals surface area contributed by atoms with Crippen LogP contribution in [-0.4, -0.2) is 5.88 Å². The zero-order valence-electron chi connectivity index (χ0n) is 9.00. The van der Waals surface area contributed by atoms with Crippen LogP contribution in [0.3, 0.4) is 0 Å². The predicted molar refractivity (Wildman–Crippen MR) is 83.3 cm³/mol. The van der Waals surface area contributed by atoms with Crippen LogP contribution in [0.25, 0.3) is 0 Å². The Kier molecular flexibility index (Phi) is 5.10. The molecule has 0 saturated carbocycles. The average Bonchev–Trinajstić information content (AvgIpc) is 2.73. The van der Waals surface area contributed by atoms with Crippen LogP contribution in [0.5, 0.6) is 0 Å². The monoisotopic (exact) mass is 392 g/mol. The Morgan fingerprint density at radius 1 is 1.06 bits per heavy atom. The third-order valence-corrected chi connectivity index (χ3v) is 5.15. The maximum atomic E-state index is 6.08. The van der Waals surface area contributed by atoms with Gasteiger partial charge in [0.1, 0.15) is 0 Å². The highest BCUT2D eigenvalue weighted by Gasteiger charge is 2.12. The molecule has 0 N–H and O–H groups in total. The summed E-state index contributed by atoms with van der Waals surface area (Å²) < 4.78 is 2.28. The van der Waals surface area contributed by atoms with Crippen LogP contribution < -0.4 is 0 Å². The largest absolute Gasteiger partial charge is 0.133 e. The molecule has 0 fully saturated rings. The van der Waals surface area contributed by atoms with Crippen LogP contribution >= 0.6 is 54.8 Å². The molecule has 1 atom stereocenters. The molecule has 2 rings (SSSR count). The molecule has 90 valence electrons. The summed E-state index contributed by atoms with van der Waals surface area (Å²) in [4.78, 5) is 1.37. The quantitative estimate of drug-likeness (QED) is 0.572. The van der Waals surface area contributed by atoms with Crippen LogP contribution in [0.1, 0.15) is 16.4 Å². The second-order valence-electron chi connectivity index (χ2n) is 3.81. The molecule has 2 aromatic rings. The summed E-state index contributed by atoms with van der Waals surface area (Å²) in [5.41, 5.74) is 1.30. The molecule has 17 heavy (non-hydrogen) atoms. The number of hydrogen-bond donors (Lipinski definition) is 0. The smallest absolute Gasteiger partial charge is 0.0701 e. The van der Waals surface area contributed by atoms with Crippen molar-refractivity contribution in [1.82, 2.24) is 0 Å². The lowest BCUT2D eigenvalue weighted by Gasteiger charge is -2.13. The van der Waals surface area contributed by atoms with E-state index in [4.69, 9.17) is 11.6 Å². The van der Waals surface area contributed by atoms with E-state index in [9.17, 15) is 0 Å². The Morgan fingerprint density at radius 3 is 2.29 bits per heavy atom. The molecule has 0 aliphatic heterocycles. The van der Waals surface area contributed by atoms with Crippen LogP contribution in [0.15, 0.2) is 44.7 Å². The number of rotatable bonds is 4. The van der Waals surface area contributed by atoms with E-state index in [-0.39, 0.29) is 0 Å². The molecular weight excluding hydrogens is 383 g/mol. The van der Waals surface area contributed by atoms with Crippen molar-refractivity contribution in [3.63, 3.8) is 0 Å². The lowest BCUT2D eigenvalue weighted by atomic mass is 9.97. The van der Waals surface area contributed by atoms with Gasteiger partial charge in [-0.2, -0.15) is 0 Å². The lowest BCUT2D eigenvalue weighted by molar-refractivity contribution is 0.776. The fourth-order valence-electron chi connectivity index (χ4n) is 1.70. The van der Waals surface area contributed by atoms with Crippen molar-refractivity contribution in [3.05, 3.63) is 55.1 Å². The molecule has 1 unspecified atom stereocenters. The fourth-order valence-corrected chi connectivity index (χ4v) is 3.82. The van der Waals surface area contributed by atoms with Gasteiger partial charge in [0.05, 0.1) is 3.79 Å². The number of benzene rings is 1. The Morgan fingerprint density at radius 2 is 1.76 bits per heavy atom. The first-order chi connectivity index (χ1) is 8.19. The summed E-state index contributed by atoms with van der Waals surface area (Å²) in [7, 11) is 0. The number of hydrogen-bond acceptors (Lipinski definition) is 1. The zero-order chi connectivity index (χ0) is 12.3. The van der Waals surface area contributed by atoms with Crippen molar-refractivity contribution in [1.29, 1.82) is 0 Å². The molecule has 0 bridgehead atoms. The lowest BCUT2D eigenvalue weighted by Crippen LogP contribution is -2.03. The van der Waals surface area contributed by atoms with E-state index in [1.165, 1.54) is 14.2 Å². The molecule has 0 spiro atoms. The first kappa shape index (κ1) is 13.6. The normalized spacial score (nSPS) is 12.6. The standard InChI is InChI=1S/C13H11Br2ClS/c14-11-3-1-9(2-4-11)10(8-16)7-12-5-6-13(15)17-12/h1-6,10H,7-8H2. The maximum Gasteiger partial charge on any atom is 0.0701 e. The van der Waals surface area contributed by atoms with Crippen molar-refractivity contribution >= 4 is 54.8 Å². The minimum Gasteiger partial charge on any atom is -0.133 e. The van der Waals surface area contributed by atoms with Gasteiger partial charge in [0.2, 0.25) is 0 Å². The van der Waals surface area contributed by atoms with E-state index >= 15 is 0 Å². The van der Waals surface area contributed by atoms with Gasteiger partial charge in [-0.15, -0.1) is 22.9 Å². The molecule has 0 amide bonds. The Hall–Kier alpha value is 0.170. The molecule has 0 aliphatic rings. The topological polar surface area (TPSA) is 0 Å². The maximum absolute atomic E-state index is 6.08. The van der Waals surface area contributed by atoms with Crippen LogP contribution in [0.2, 0.25) is 0 Å². The Labute approximate surface area is 127 Å². The number of alkyl halides is 1. The molecule has 1 aromatic carbocycles. The SMILES string of the molecule is ClCC(Cc1ccc(Br)s1)c1ccc(Br)cc1. The Bertz CT molecular complexity index is 478. The fraction of sp³-hybridized carbons (Fsp3) is 0.231. The van der Waals surface area contributed by atoms with Crippen molar-refractivity contribution in [2.45, 2.75) is 12.3 Å². The second-order valence-corrected chi connectivity index (χ2v) is 7.58. The van der Waals surface area contributed by atoms with Gasteiger partial charge < -0.3 is 0 Å². The molecule has 1 aromatic heterocycles. The van der Waals surface area contributed by atoms with Crippen molar-refractivity contribution in [2.24, 2.45) is 0 Å². The molecule has 0 radical (unpaired) electrons. The zero-order valence-corrected chi connectivity index (χ0v) is 13.7. The van der Waals surface area contributed by atoms with Gasteiger partial charge in [0, 0.05) is 21.1 Å². The van der Waals surface area contributed by atoms with E-state index < -0.39 is 0 Å². The first-order valence-corrected chi connectivity index (χ1v) is 8.18. The number of halogens is 3. The summed E-state index contributed by atoms with van der Waals surface area (Å²) in [6.07, 6.45) is 1.00. The first-order valence-electron chi connectivity index (χ1n) is 5.24. The highest BCUT2D eigenvalue weighted by molar-refractivity contribution is 9.11. The number of thiophene rings is 1. The van der Waals surface area contributed by atoms with Gasteiger partial charge in [0.15, 0.2) is 0 Å². The molecule has 0 aliphatic carbocycles. The Balaban J connectivity index is 2.13. The van der Waals surface area contributed by atoms with Gasteiger partial charge in [-0.05, 0) is 52.2 Å². The van der Waals surface area contributed by atoms with E-state index in [0.29, 0.717) is 11.8 Å². The van der Waals surface area contributed by atoms with Gasteiger partial charge >= 0.3 is 0 Å². The third kappa shape index (κ3) is 3.82. The van der Waals surface area contributed by atoms with E-state index in [1.807, 2.05) is 0 Å². The highest BCUT2D eigenvalue weighted by Crippen LogP contribution is 2.29. The summed E-state index contributed by atoms with van der Waals surface area (Å²) in [5.74, 6) is 1.03. The molecule has 0 nitrogen and oxygen atoms in total. The molecular formula is C13H11Br2ClS. The van der Waals surface area contributed by atoms with Crippen molar-refractivity contribution in [2.75, 3.05) is 5.88 Å². The van der Waals surface area contributed by atoms with Gasteiger partial charge in [-0.25, -0.2) is 0 Å². The van der Waals surface area contributed by atoms with E-state index in [0.717, 1.165) is 10.9 Å². The van der Waals surface area contributed by atoms with Gasteiger partial charge in [0.25, 0.3) is 0 Å². The highest BCUT2D eigenvalue weighted by atomic mass is 79.9. The van der Waals surface area contributed by atoms with Crippen molar-refractivity contribution in [3.8, 4) is 0 Å². The predicted octanol–water partition coefficient (Wildman–Crippen LogP) is 5.84. The van der Waals surface area contributed by atoms with Gasteiger partial charge in [-0.1, -0.05) is 28.1 Å². The van der Waals surface area contributed by atoms with Crippen LogP contribution in [-0.2, 0) is 6.42 Å². The molecule has 0 saturated heterocycles. The average molecular weight is 395 g/mol. The van der Waals surface area contributed by atoms with Gasteiger partial charge in [-0.3, -0.25) is 0 Å². The van der Waals surface area contributed by atoms with Crippen LogP contribution in [0.4, 0.5) is 0 Å². The molecule has 4 heteroatoms.